The van der Waals surface area contributed by atoms with Gasteiger partial charge in [0.25, 0.3) is 0 Å². The molecule has 10 heteroatoms. The highest BCUT2D eigenvalue weighted by atomic mass is 35.5. The van der Waals surface area contributed by atoms with Gasteiger partial charge in [0.15, 0.2) is 11.5 Å². The van der Waals surface area contributed by atoms with Gasteiger partial charge in [-0.1, -0.05) is 23.2 Å². The van der Waals surface area contributed by atoms with Crippen molar-refractivity contribution in [2.45, 2.75) is 16.3 Å². The van der Waals surface area contributed by atoms with Crippen LogP contribution in [0.1, 0.15) is 0 Å². The van der Waals surface area contributed by atoms with E-state index in [0.717, 1.165) is 0 Å². The third kappa shape index (κ3) is 3.08. The first-order valence-electron chi connectivity index (χ1n) is 6.41. The van der Waals surface area contributed by atoms with Gasteiger partial charge in [-0.3, -0.25) is 0 Å². The van der Waals surface area contributed by atoms with Crippen LogP contribution >= 0.6 is 23.2 Å². The number of nitrogens with two attached hydrogens (primary N) is 1. The van der Waals surface area contributed by atoms with Crippen LogP contribution in [0, 0.1) is 0 Å². The molecule has 2 aromatic carbocycles. The Morgan fingerprint density at radius 3 is 2.25 bits per heavy atom. The molecule has 0 aliphatic carbocycles. The second-order valence-corrected chi connectivity index (χ2v) is 7.41. The molecule has 2 N–H and O–H groups in total. The van der Waals surface area contributed by atoms with E-state index in [9.17, 15) is 13.2 Å². The van der Waals surface area contributed by atoms with Crippen molar-refractivity contribution in [3.8, 4) is 11.5 Å². The number of fused-ring (bicyclic) bond motifs is 1. The van der Waals surface area contributed by atoms with E-state index in [2.05, 4.69) is 4.74 Å². The van der Waals surface area contributed by atoms with Crippen molar-refractivity contribution >= 4 is 39.1 Å². The van der Waals surface area contributed by atoms with Crippen molar-refractivity contribution in [3.05, 3.63) is 46.4 Å². The van der Waals surface area contributed by atoms with Gasteiger partial charge < -0.3 is 19.9 Å². The Balaban J connectivity index is 1.99. The molecule has 24 heavy (non-hydrogen) atoms. The predicted molar refractivity (Wildman–Crippen MR) is 84.1 cm³/mol. The van der Waals surface area contributed by atoms with E-state index >= 15 is 0 Å². The lowest BCUT2D eigenvalue weighted by molar-refractivity contribution is -0.133. The number of rotatable bonds is 3. The maximum atomic E-state index is 12.7. The van der Waals surface area contributed by atoms with Crippen molar-refractivity contribution in [2.24, 2.45) is 5.73 Å². The molecule has 3 rings (SSSR count). The number of carbonyl (C=O) groups is 1. The van der Waals surface area contributed by atoms with Crippen LogP contribution < -0.4 is 15.2 Å². The van der Waals surface area contributed by atoms with Crippen LogP contribution in [0.2, 0.25) is 10.0 Å². The molecule has 0 bridgehead atoms. The smallest absolute Gasteiger partial charge is 0.410 e. The molecule has 2 aromatic rings. The summed E-state index contributed by atoms with van der Waals surface area (Å²) >= 11 is 11.8. The normalized spacial score (nSPS) is 16.0. The van der Waals surface area contributed by atoms with Crippen LogP contribution in [0.25, 0.3) is 0 Å². The number of hydrogen-bond acceptors (Lipinski definition) is 6. The highest BCUT2D eigenvalue weighted by Gasteiger charge is 2.31. The number of halogens is 2. The van der Waals surface area contributed by atoms with E-state index in [-0.39, 0.29) is 26.3 Å². The van der Waals surface area contributed by atoms with Crippen LogP contribution in [0.3, 0.4) is 0 Å². The minimum Gasteiger partial charge on any atom is -0.419 e. The van der Waals surface area contributed by atoms with Crippen molar-refractivity contribution in [1.82, 2.24) is 0 Å². The van der Waals surface area contributed by atoms with Gasteiger partial charge in [0, 0.05) is 17.2 Å². The van der Waals surface area contributed by atoms with E-state index < -0.39 is 22.4 Å². The molecule has 0 saturated carbocycles. The van der Waals surface area contributed by atoms with Crippen molar-refractivity contribution in [2.75, 3.05) is 0 Å². The first-order chi connectivity index (χ1) is 11.3. The summed E-state index contributed by atoms with van der Waals surface area (Å²) < 4.78 is 40.3. The van der Waals surface area contributed by atoms with Gasteiger partial charge in [-0.2, -0.15) is 0 Å². The maximum Gasteiger partial charge on any atom is 0.410 e. The zero-order chi connectivity index (χ0) is 17.5. The summed E-state index contributed by atoms with van der Waals surface area (Å²) in [5, 5.41) is 0.323. The van der Waals surface area contributed by atoms with Crippen molar-refractivity contribution in [3.63, 3.8) is 0 Å². The second kappa shape index (κ2) is 6.04. The minimum atomic E-state index is -3.91. The first-order valence-corrected chi connectivity index (χ1v) is 8.65. The fourth-order valence-corrected chi connectivity index (χ4v) is 3.93. The Labute approximate surface area is 146 Å². The summed E-state index contributed by atoms with van der Waals surface area (Å²) in [6, 6.07) is 8.06. The number of carbonyl (C=O) groups excluding carboxylic acids is 1. The number of ether oxygens (including phenoxy) is 3. The monoisotopic (exact) mass is 389 g/mol. The predicted octanol–water partition coefficient (Wildman–Crippen LogP) is 2.98. The van der Waals surface area contributed by atoms with E-state index in [1.807, 2.05) is 0 Å². The van der Waals surface area contributed by atoms with Gasteiger partial charge in [-0.25, -0.2) is 13.2 Å². The van der Waals surface area contributed by atoms with Crippen molar-refractivity contribution in [1.29, 1.82) is 0 Å². The molecular weight excluding hydrogens is 381 g/mol. The number of benzene rings is 2. The van der Waals surface area contributed by atoms with E-state index in [0.29, 0.717) is 5.02 Å². The largest absolute Gasteiger partial charge is 0.419 e. The summed E-state index contributed by atoms with van der Waals surface area (Å²) in [6.07, 6.45) is -1.10. The summed E-state index contributed by atoms with van der Waals surface area (Å²) in [6.45, 7) is -1.40. The highest BCUT2D eigenvalue weighted by Crippen LogP contribution is 2.42. The maximum absolute atomic E-state index is 12.7. The van der Waals surface area contributed by atoms with Crippen LogP contribution in [-0.2, 0) is 14.6 Å². The molecular formula is C14H9Cl2NO6S. The van der Waals surface area contributed by atoms with Gasteiger partial charge in [0.2, 0.25) is 9.84 Å². The minimum absolute atomic E-state index is 0.0117. The van der Waals surface area contributed by atoms with E-state index in [1.54, 1.807) is 0 Å². The molecule has 1 aliphatic rings. The average Bonchev–Trinajstić information content (AvgIpc) is 2.86. The highest BCUT2D eigenvalue weighted by molar-refractivity contribution is 7.91. The molecule has 0 aromatic heterocycles. The number of primary amides is 1. The molecule has 0 radical (unpaired) electrons. The molecule has 1 aliphatic heterocycles. The lowest BCUT2D eigenvalue weighted by Gasteiger charge is -2.08. The summed E-state index contributed by atoms with van der Waals surface area (Å²) in [4.78, 5) is 10.5. The van der Waals surface area contributed by atoms with Gasteiger partial charge in [0.05, 0.1) is 14.8 Å². The Kier molecular flexibility index (Phi) is 4.20. The Morgan fingerprint density at radius 1 is 1.08 bits per heavy atom. The lowest BCUT2D eigenvalue weighted by atomic mass is 10.3. The van der Waals surface area contributed by atoms with E-state index in [1.165, 1.54) is 36.4 Å². The first kappa shape index (κ1) is 16.7. The van der Waals surface area contributed by atoms with Gasteiger partial charge in [0.1, 0.15) is 0 Å². The van der Waals surface area contributed by atoms with Crippen LogP contribution in [0.4, 0.5) is 4.79 Å². The van der Waals surface area contributed by atoms with Crippen molar-refractivity contribution < 1.29 is 27.4 Å². The average molecular weight is 390 g/mol. The quantitative estimate of drug-likeness (QED) is 0.864. The van der Waals surface area contributed by atoms with Crippen LogP contribution in [0.15, 0.2) is 46.2 Å². The Bertz CT molecular complexity index is 914. The molecule has 1 amide bonds. The van der Waals surface area contributed by atoms with Gasteiger partial charge >= 0.3 is 12.6 Å². The zero-order valence-corrected chi connectivity index (χ0v) is 14.1. The Morgan fingerprint density at radius 2 is 1.67 bits per heavy atom. The molecule has 126 valence electrons. The Hall–Kier alpha value is -2.16. The summed E-state index contributed by atoms with van der Waals surface area (Å²) in [5.41, 5.74) is 4.87. The molecule has 1 atom stereocenters. The van der Waals surface area contributed by atoms with Gasteiger partial charge in [-0.05, 0) is 24.3 Å². The number of amides is 1. The fraction of sp³-hybridized carbons (Fsp3) is 0.0714. The third-order valence-corrected chi connectivity index (χ3v) is 5.56. The number of hydrogen-bond donors (Lipinski definition) is 1. The lowest BCUT2D eigenvalue weighted by Crippen LogP contribution is -2.28. The standard InChI is InChI=1S/C14H9Cl2NO6S/c15-7-1-3-8(4-2-7)24(19,20)12-6-11-10(5-9(12)16)21-14(22-11)23-13(17)18/h1-6,14H,(H2,17,18). The fourth-order valence-electron chi connectivity index (χ4n) is 2.02. The summed E-state index contributed by atoms with van der Waals surface area (Å²) in [5.74, 6) is 0.180. The van der Waals surface area contributed by atoms with Crippen LogP contribution in [-0.4, -0.2) is 21.0 Å². The third-order valence-electron chi connectivity index (χ3n) is 3.07. The molecule has 0 saturated heterocycles. The second-order valence-electron chi connectivity index (χ2n) is 4.65. The van der Waals surface area contributed by atoms with E-state index in [4.69, 9.17) is 38.4 Å². The molecule has 1 unspecified atom stereocenters. The van der Waals surface area contributed by atoms with Gasteiger partial charge in [-0.15, -0.1) is 0 Å². The molecule has 1 heterocycles. The topological polar surface area (TPSA) is 105 Å². The molecule has 0 spiro atoms. The number of sulfone groups is 1. The SMILES string of the molecule is NC(=O)OC1Oc2cc(Cl)c(S(=O)(=O)c3ccc(Cl)cc3)cc2O1. The summed E-state index contributed by atoms with van der Waals surface area (Å²) in [7, 11) is -3.91. The molecule has 7 nitrogen and oxygen atoms in total. The zero-order valence-electron chi connectivity index (χ0n) is 11.7. The van der Waals surface area contributed by atoms with Crippen LogP contribution in [0.5, 0.6) is 11.5 Å². The molecule has 0 fully saturated rings.